The number of aromatic nitrogens is 1. The van der Waals surface area contributed by atoms with Crippen LogP contribution in [0.2, 0.25) is 0 Å². The average Bonchev–Trinajstić information content (AvgIpc) is 3.60. The third-order valence-corrected chi connectivity index (χ3v) is 8.73. The summed E-state index contributed by atoms with van der Waals surface area (Å²) in [7, 11) is 1.50. The molecule has 288 valence electrons. The predicted octanol–water partition coefficient (Wildman–Crippen LogP) is 6.57. The number of fused-ring (bicyclic) bond motifs is 3. The molecule has 1 heterocycles. The minimum Gasteiger partial charge on any atom is -0.493 e. The molecule has 0 fully saturated rings. The van der Waals surface area contributed by atoms with Gasteiger partial charge in [-0.15, -0.1) is 20.2 Å². The lowest BCUT2D eigenvalue weighted by Gasteiger charge is -2.29. The molecule has 6 aromatic rings. The number of nitrogens with one attached hydrogen (secondary N) is 1. The maximum atomic E-state index is 14.4. The van der Waals surface area contributed by atoms with Crippen molar-refractivity contribution in [1.29, 1.82) is 0 Å². The lowest BCUT2D eigenvalue weighted by atomic mass is 10.1. The van der Waals surface area contributed by atoms with E-state index in [0.29, 0.717) is 17.2 Å². The first-order valence-electron chi connectivity index (χ1n) is 17.3. The van der Waals surface area contributed by atoms with E-state index in [4.69, 9.17) is 18.9 Å². The molecule has 0 aliphatic carbocycles. The minimum absolute atomic E-state index is 0.0118. The van der Waals surface area contributed by atoms with E-state index in [-0.39, 0.29) is 48.6 Å². The number of ether oxygens (including phenoxy) is 4. The second-order valence-electron chi connectivity index (χ2n) is 12.2. The summed E-state index contributed by atoms with van der Waals surface area (Å²) in [6.07, 6.45) is -1.13. The van der Waals surface area contributed by atoms with Crippen LogP contribution in [-0.2, 0) is 27.6 Å². The van der Waals surface area contributed by atoms with Gasteiger partial charge in [-0.3, -0.25) is 4.79 Å². The maximum Gasteiger partial charge on any atom is 0.338 e. The summed E-state index contributed by atoms with van der Waals surface area (Å²) in [5.41, 5.74) is 2.29. The van der Waals surface area contributed by atoms with Crippen LogP contribution in [0.3, 0.4) is 0 Å². The molecular weight excluding hydrogens is 728 g/mol. The van der Waals surface area contributed by atoms with Crippen LogP contribution in [0.15, 0.2) is 115 Å². The zero-order chi connectivity index (χ0) is 39.4. The van der Waals surface area contributed by atoms with Gasteiger partial charge in [0.05, 0.1) is 31.3 Å². The highest BCUT2D eigenvalue weighted by molar-refractivity contribution is 6.10. The summed E-state index contributed by atoms with van der Waals surface area (Å²) in [4.78, 5) is 64.2. The molecule has 0 bridgehead atoms. The number of carbonyl (C=O) groups excluding carboxylic acids is 2. The Morgan fingerprint density at radius 2 is 1.29 bits per heavy atom. The van der Waals surface area contributed by atoms with E-state index in [1.807, 2.05) is 36.4 Å². The molecule has 5 aromatic carbocycles. The number of methoxy groups -OCH3 is 1. The van der Waals surface area contributed by atoms with Crippen LogP contribution in [0.25, 0.3) is 21.8 Å². The molecular formula is C40H36N4O12. The molecule has 0 saturated carbocycles. The Bertz CT molecular complexity index is 2350. The Kier molecular flexibility index (Phi) is 12.4. The number of hydrogen-bond donors (Lipinski definition) is 1. The van der Waals surface area contributed by atoms with Crippen molar-refractivity contribution in [1.82, 2.24) is 9.88 Å². The smallest absolute Gasteiger partial charge is 0.338 e. The van der Waals surface area contributed by atoms with Gasteiger partial charge in [0.1, 0.15) is 32.2 Å². The molecule has 16 nitrogen and oxygen atoms in total. The summed E-state index contributed by atoms with van der Waals surface area (Å²) in [6.45, 7) is -1.53. The maximum absolute atomic E-state index is 14.4. The van der Waals surface area contributed by atoms with Gasteiger partial charge in [-0.1, -0.05) is 72.8 Å². The van der Waals surface area contributed by atoms with Gasteiger partial charge >= 0.3 is 5.97 Å². The van der Waals surface area contributed by atoms with E-state index >= 15 is 0 Å². The van der Waals surface area contributed by atoms with Crippen molar-refractivity contribution < 1.29 is 48.4 Å². The zero-order valence-corrected chi connectivity index (χ0v) is 30.0. The number of benzene rings is 5. The first kappa shape index (κ1) is 38.4. The molecule has 0 aliphatic rings. The van der Waals surface area contributed by atoms with Crippen molar-refractivity contribution in [3.8, 4) is 17.2 Å². The first-order valence-corrected chi connectivity index (χ1v) is 17.3. The van der Waals surface area contributed by atoms with Gasteiger partial charge in [-0.25, -0.2) is 4.79 Å². The van der Waals surface area contributed by atoms with Gasteiger partial charge in [0.15, 0.2) is 17.6 Å². The highest BCUT2D eigenvalue weighted by Crippen LogP contribution is 2.33. The molecule has 16 heteroatoms. The lowest BCUT2D eigenvalue weighted by Crippen LogP contribution is -2.44. The first-order chi connectivity index (χ1) is 27.2. The molecule has 56 heavy (non-hydrogen) atoms. The van der Waals surface area contributed by atoms with Crippen LogP contribution < -0.4 is 14.2 Å². The van der Waals surface area contributed by atoms with Gasteiger partial charge in [-0.2, -0.15) is 0 Å². The SMILES string of the molecule is COc1ccccc1OCCN(CC(COc1cccc2[nH]c3ccccc3c12)OC(=O)c1ccccc1CO[N+](=O)[O-])C(=O)c1ccccc1CO[N+](=O)[O-]. The van der Waals surface area contributed by atoms with Crippen LogP contribution in [-0.4, -0.2) is 71.5 Å². The number of para-hydroxylation sites is 3. The zero-order valence-electron chi connectivity index (χ0n) is 30.0. The fourth-order valence-corrected chi connectivity index (χ4v) is 6.15. The molecule has 1 aromatic heterocycles. The van der Waals surface area contributed by atoms with E-state index in [0.717, 1.165) is 21.8 Å². The van der Waals surface area contributed by atoms with Crippen molar-refractivity contribution >= 4 is 33.7 Å². The number of nitrogens with zero attached hydrogens (tertiary/aromatic N) is 3. The Hall–Kier alpha value is -7.36. The standard InChI is InChI=1S/C40H36N4O12/c1-51-35-18-8-9-19-36(35)52-22-21-42(39(45)30-13-4-2-11-27(30)24-54-43(47)48)23-29(56-40(46)31-14-5-3-12-28(31)25-55-44(49)50)26-53-37-20-10-17-34-38(37)32-15-6-7-16-33(32)41-34/h2-20,29,41H,21-26H2,1H3. The second-order valence-corrected chi connectivity index (χ2v) is 12.2. The highest BCUT2D eigenvalue weighted by atomic mass is 17.0. The van der Waals surface area contributed by atoms with Crippen molar-refractivity contribution in [2.24, 2.45) is 0 Å². The van der Waals surface area contributed by atoms with E-state index in [1.54, 1.807) is 54.6 Å². The van der Waals surface area contributed by atoms with Crippen LogP contribution in [0, 0.1) is 20.2 Å². The fraction of sp³-hybridized carbons (Fsp3) is 0.200. The number of carbonyl (C=O) groups is 2. The molecule has 0 saturated heterocycles. The number of rotatable bonds is 19. The van der Waals surface area contributed by atoms with Gasteiger partial charge < -0.3 is 38.5 Å². The average molecular weight is 765 g/mol. The molecule has 1 amide bonds. The van der Waals surface area contributed by atoms with Crippen LogP contribution in [0.4, 0.5) is 0 Å². The van der Waals surface area contributed by atoms with Crippen molar-refractivity contribution in [3.05, 3.63) is 158 Å². The molecule has 1 atom stereocenters. The molecule has 1 N–H and O–H groups in total. The Balaban J connectivity index is 1.33. The van der Waals surface area contributed by atoms with E-state index < -0.39 is 41.4 Å². The number of hydrogen-bond acceptors (Lipinski definition) is 12. The number of aromatic amines is 1. The van der Waals surface area contributed by atoms with Crippen molar-refractivity contribution in [3.63, 3.8) is 0 Å². The van der Waals surface area contributed by atoms with Crippen LogP contribution in [0.5, 0.6) is 17.2 Å². The molecule has 6 rings (SSSR count). The summed E-state index contributed by atoms with van der Waals surface area (Å²) < 4.78 is 23.8. The Morgan fingerprint density at radius 3 is 2.00 bits per heavy atom. The summed E-state index contributed by atoms with van der Waals surface area (Å²) >= 11 is 0. The van der Waals surface area contributed by atoms with Crippen molar-refractivity contribution in [2.45, 2.75) is 19.3 Å². The van der Waals surface area contributed by atoms with Gasteiger partial charge in [-0.05, 0) is 53.6 Å². The largest absolute Gasteiger partial charge is 0.493 e. The summed E-state index contributed by atoms with van der Waals surface area (Å²) in [6, 6.07) is 32.6. The monoisotopic (exact) mass is 764 g/mol. The van der Waals surface area contributed by atoms with Crippen LogP contribution in [0.1, 0.15) is 31.8 Å². The number of H-pyrrole nitrogens is 1. The molecule has 0 radical (unpaired) electrons. The molecule has 0 aliphatic heterocycles. The predicted molar refractivity (Wildman–Crippen MR) is 201 cm³/mol. The van der Waals surface area contributed by atoms with Gasteiger partial charge in [0, 0.05) is 21.9 Å². The number of esters is 1. The van der Waals surface area contributed by atoms with E-state index in [1.165, 1.54) is 36.3 Å². The fourth-order valence-electron chi connectivity index (χ4n) is 6.15. The molecule has 0 spiro atoms. The topological polar surface area (TPSA) is 195 Å². The molecule has 1 unspecified atom stereocenters. The van der Waals surface area contributed by atoms with Crippen molar-refractivity contribution in [2.75, 3.05) is 33.4 Å². The quantitative estimate of drug-likeness (QED) is 0.0530. The Morgan fingerprint density at radius 1 is 0.696 bits per heavy atom. The van der Waals surface area contributed by atoms with E-state index in [2.05, 4.69) is 14.7 Å². The van der Waals surface area contributed by atoms with Gasteiger partial charge in [0.25, 0.3) is 16.1 Å². The Labute approximate surface area is 319 Å². The normalized spacial score (nSPS) is 11.4. The minimum atomic E-state index is -1.13. The third kappa shape index (κ3) is 9.40. The highest BCUT2D eigenvalue weighted by Gasteiger charge is 2.27. The van der Waals surface area contributed by atoms with E-state index in [9.17, 15) is 29.8 Å². The third-order valence-electron chi connectivity index (χ3n) is 8.73. The van der Waals surface area contributed by atoms with Gasteiger partial charge in [0.2, 0.25) is 0 Å². The summed E-state index contributed by atoms with van der Waals surface area (Å²) in [5.74, 6) is -0.0204. The second kappa shape index (κ2) is 18.1. The lowest BCUT2D eigenvalue weighted by molar-refractivity contribution is -0.763. The van der Waals surface area contributed by atoms with Crippen LogP contribution >= 0.6 is 0 Å². The summed E-state index contributed by atoms with van der Waals surface area (Å²) in [5, 5.41) is 21.8. The number of amides is 1.